The molecule has 0 aromatic carbocycles. The van der Waals surface area contributed by atoms with Gasteiger partial charge in [-0.05, 0) is 73.6 Å². The van der Waals surface area contributed by atoms with Crippen LogP contribution >= 0.6 is 0 Å². The molecule has 4 heteroatoms. The Kier molecular flexibility index (Phi) is 14.6. The first-order valence-electron chi connectivity index (χ1n) is 13.2. The minimum Gasteiger partial charge on any atom is -0.384 e. The Bertz CT molecular complexity index is 872. The first-order valence-corrected chi connectivity index (χ1v) is 13.2. The van der Waals surface area contributed by atoms with Gasteiger partial charge in [-0.15, -0.1) is 0 Å². The zero-order valence-corrected chi connectivity index (χ0v) is 22.6. The van der Waals surface area contributed by atoms with Crippen molar-refractivity contribution in [3.8, 4) is 0 Å². The molecule has 2 heterocycles. The number of aryl methyl sites for hydroxylation is 1. The van der Waals surface area contributed by atoms with Crippen molar-refractivity contribution in [2.45, 2.75) is 106 Å². The van der Waals surface area contributed by atoms with Crippen LogP contribution in [0.1, 0.15) is 104 Å². The monoisotopic (exact) mass is 465 g/mol. The molecule has 1 aromatic rings. The van der Waals surface area contributed by atoms with Crippen molar-refractivity contribution < 1.29 is 4.79 Å². The van der Waals surface area contributed by atoms with Crippen molar-refractivity contribution in [3.63, 3.8) is 0 Å². The van der Waals surface area contributed by atoms with Crippen LogP contribution in [0.5, 0.6) is 0 Å². The number of hydrogen-bond donors (Lipinski definition) is 2. The van der Waals surface area contributed by atoms with E-state index in [-0.39, 0.29) is 0 Å². The van der Waals surface area contributed by atoms with Gasteiger partial charge in [0.2, 0.25) is 6.41 Å². The number of dihydropyridines is 1. The molecule has 1 aliphatic carbocycles. The molecular weight excluding hydrogens is 418 g/mol. The summed E-state index contributed by atoms with van der Waals surface area (Å²) >= 11 is 0. The molecule has 1 atom stereocenters. The number of nitrogens with one attached hydrogen (secondary N) is 2. The molecule has 2 N–H and O–H groups in total. The van der Waals surface area contributed by atoms with E-state index in [9.17, 15) is 4.79 Å². The van der Waals surface area contributed by atoms with E-state index in [0.29, 0.717) is 18.3 Å². The molecule has 0 radical (unpaired) electrons. The zero-order valence-electron chi connectivity index (χ0n) is 22.6. The second-order valence-electron chi connectivity index (χ2n) is 8.81. The lowest BCUT2D eigenvalue weighted by Gasteiger charge is -2.24. The summed E-state index contributed by atoms with van der Waals surface area (Å²) < 4.78 is 0. The normalized spacial score (nSPS) is 17.1. The topological polar surface area (TPSA) is 54.0 Å². The lowest BCUT2D eigenvalue weighted by atomic mass is 9.88. The van der Waals surface area contributed by atoms with Gasteiger partial charge in [0.15, 0.2) is 0 Å². The Hall–Kier alpha value is -2.62. The van der Waals surface area contributed by atoms with Crippen molar-refractivity contribution in [3.05, 3.63) is 64.0 Å². The van der Waals surface area contributed by atoms with E-state index in [1.165, 1.54) is 54.4 Å². The van der Waals surface area contributed by atoms with Gasteiger partial charge >= 0.3 is 0 Å². The Balaban J connectivity index is 0.00000104. The number of rotatable bonds is 10. The number of nitrogens with zero attached hydrogens (tertiary/aromatic N) is 1. The summed E-state index contributed by atoms with van der Waals surface area (Å²) in [4.78, 5) is 15.0. The van der Waals surface area contributed by atoms with E-state index in [2.05, 4.69) is 67.7 Å². The molecule has 0 spiro atoms. The first kappa shape index (κ1) is 29.4. The van der Waals surface area contributed by atoms with Crippen LogP contribution in [0.3, 0.4) is 0 Å². The predicted octanol–water partition coefficient (Wildman–Crippen LogP) is 8.28. The summed E-state index contributed by atoms with van der Waals surface area (Å²) in [6, 6.07) is 2.32. The number of carbonyl (C=O) groups excluding carboxylic acids is 1. The highest BCUT2D eigenvalue weighted by Crippen LogP contribution is 2.31. The van der Waals surface area contributed by atoms with Crippen LogP contribution < -0.4 is 10.6 Å². The Morgan fingerprint density at radius 2 is 1.88 bits per heavy atom. The molecule has 1 saturated carbocycles. The van der Waals surface area contributed by atoms with Crippen LogP contribution in [0.15, 0.2) is 52.9 Å². The van der Waals surface area contributed by atoms with Gasteiger partial charge in [0.1, 0.15) is 5.82 Å². The maximum atomic E-state index is 10.7. The first-order chi connectivity index (χ1) is 16.5. The van der Waals surface area contributed by atoms with Crippen LogP contribution in [-0.2, 0) is 4.79 Å². The van der Waals surface area contributed by atoms with Crippen LogP contribution in [0, 0.1) is 6.92 Å². The molecule has 1 aliphatic heterocycles. The number of unbranched alkanes of at least 4 members (excludes halogenated alkanes) is 2. The number of carbonyl (C=O) groups is 1. The fraction of sp³-hybridized carbons (Fsp3) is 0.533. The predicted molar refractivity (Wildman–Crippen MR) is 149 cm³/mol. The number of aromatic nitrogens is 1. The lowest BCUT2D eigenvalue weighted by molar-refractivity contribution is -0.105. The third-order valence-corrected chi connectivity index (χ3v) is 5.65. The van der Waals surface area contributed by atoms with E-state index in [0.717, 1.165) is 30.4 Å². The summed E-state index contributed by atoms with van der Waals surface area (Å²) in [5, 5.41) is 6.20. The van der Waals surface area contributed by atoms with E-state index < -0.39 is 0 Å². The highest BCUT2D eigenvalue weighted by molar-refractivity contribution is 5.73. The lowest BCUT2D eigenvalue weighted by Crippen LogP contribution is -2.26. The van der Waals surface area contributed by atoms with Crippen LogP contribution in [-0.4, -0.2) is 17.4 Å². The van der Waals surface area contributed by atoms with Gasteiger partial charge in [0, 0.05) is 24.0 Å². The summed E-state index contributed by atoms with van der Waals surface area (Å²) in [6.45, 7) is 14.9. The van der Waals surface area contributed by atoms with Gasteiger partial charge in [0.25, 0.3) is 0 Å². The Morgan fingerprint density at radius 3 is 2.41 bits per heavy atom. The van der Waals surface area contributed by atoms with E-state index >= 15 is 0 Å². The number of anilines is 1. The number of hydrogen-bond acceptors (Lipinski definition) is 3. The standard InChI is InChI=1S/C25H35N3O.C3H6.C2H6/c1-6-8-10-18(3)23(14-21-15-27-25(28-17-29)13-19(21)4)24-16-26-22(11-9-7-2)12-20(24)5;1-2-3-1;1-2/h10,12-17,22,26H,6-9,11H2,1-5H3,(H,27,28,29);1-3H2;1-2H3/b18-10+,23-14+;;. The molecule has 3 rings (SSSR count). The van der Waals surface area contributed by atoms with Gasteiger partial charge in [-0.25, -0.2) is 4.98 Å². The van der Waals surface area contributed by atoms with Gasteiger partial charge in [-0.1, -0.05) is 78.4 Å². The van der Waals surface area contributed by atoms with E-state index in [1.807, 2.05) is 33.0 Å². The molecular formula is C30H47N3O. The molecule has 0 saturated heterocycles. The Labute approximate surface area is 208 Å². The third kappa shape index (κ3) is 10.5. The average Bonchev–Trinajstić information content (AvgIpc) is 3.72. The third-order valence-electron chi connectivity index (χ3n) is 5.65. The van der Waals surface area contributed by atoms with Gasteiger partial charge in [-0.2, -0.15) is 0 Å². The molecule has 1 fully saturated rings. The summed E-state index contributed by atoms with van der Waals surface area (Å²) in [5.41, 5.74) is 7.17. The summed E-state index contributed by atoms with van der Waals surface area (Å²) in [5.74, 6) is 0.572. The SMILES string of the molecule is C1CC1.CC.CCC/C=C(C)/C(=C\c1cnc(NC=O)cc1C)C1=CNC(CCCC)C=C1C. The van der Waals surface area contributed by atoms with Gasteiger partial charge in [-0.3, -0.25) is 4.79 Å². The van der Waals surface area contributed by atoms with Crippen molar-refractivity contribution in [2.75, 3.05) is 5.32 Å². The second-order valence-corrected chi connectivity index (χ2v) is 8.81. The van der Waals surface area contributed by atoms with Gasteiger partial charge in [0.05, 0.1) is 0 Å². The van der Waals surface area contributed by atoms with Crippen molar-refractivity contribution in [2.24, 2.45) is 0 Å². The molecule has 34 heavy (non-hydrogen) atoms. The highest BCUT2D eigenvalue weighted by Gasteiger charge is 2.17. The minimum absolute atomic E-state index is 0.414. The van der Waals surface area contributed by atoms with E-state index in [4.69, 9.17) is 0 Å². The quantitative estimate of drug-likeness (QED) is 0.270. The average molecular weight is 466 g/mol. The summed E-state index contributed by atoms with van der Waals surface area (Å²) in [6.07, 6.45) is 21.8. The van der Waals surface area contributed by atoms with Crippen LogP contribution in [0.4, 0.5) is 5.82 Å². The molecule has 1 unspecified atom stereocenters. The number of amides is 1. The molecule has 1 amide bonds. The van der Waals surface area contributed by atoms with Crippen molar-refractivity contribution in [1.29, 1.82) is 0 Å². The second kappa shape index (κ2) is 16.9. The van der Waals surface area contributed by atoms with Crippen LogP contribution in [0.25, 0.3) is 6.08 Å². The maximum Gasteiger partial charge on any atom is 0.212 e. The smallest absolute Gasteiger partial charge is 0.212 e. The largest absolute Gasteiger partial charge is 0.384 e. The highest BCUT2D eigenvalue weighted by atomic mass is 16.1. The maximum absolute atomic E-state index is 10.7. The number of pyridine rings is 1. The van der Waals surface area contributed by atoms with Crippen molar-refractivity contribution >= 4 is 18.3 Å². The fourth-order valence-corrected chi connectivity index (χ4v) is 3.51. The summed E-state index contributed by atoms with van der Waals surface area (Å²) in [7, 11) is 0. The Morgan fingerprint density at radius 1 is 1.18 bits per heavy atom. The minimum atomic E-state index is 0.414. The van der Waals surface area contributed by atoms with Crippen molar-refractivity contribution in [1.82, 2.24) is 10.3 Å². The molecule has 4 nitrogen and oxygen atoms in total. The van der Waals surface area contributed by atoms with Crippen LogP contribution in [0.2, 0.25) is 0 Å². The molecule has 0 bridgehead atoms. The number of allylic oxidation sites excluding steroid dienone is 5. The van der Waals surface area contributed by atoms with Gasteiger partial charge < -0.3 is 10.6 Å². The van der Waals surface area contributed by atoms with E-state index in [1.54, 1.807) is 0 Å². The molecule has 188 valence electrons. The fourth-order valence-electron chi connectivity index (χ4n) is 3.51. The zero-order chi connectivity index (χ0) is 25.3. The molecule has 1 aromatic heterocycles. The molecule has 2 aliphatic rings.